The Bertz CT molecular complexity index is 1060. The fourth-order valence-electron chi connectivity index (χ4n) is 4.43. The zero-order chi connectivity index (χ0) is 25.9. The van der Waals surface area contributed by atoms with Gasteiger partial charge < -0.3 is 28.8 Å². The maximum Gasteiger partial charge on any atom is 0.303 e. The number of carboxylic acids is 1. The molecule has 0 saturated carbocycles. The maximum absolute atomic E-state index is 11.4. The number of rotatable bonds is 13. The molecule has 1 heterocycles. The molecule has 4 rings (SSSR count). The molecule has 5 atom stereocenters. The molecule has 0 amide bonds. The van der Waals surface area contributed by atoms with E-state index in [9.17, 15) is 9.90 Å². The molecule has 1 fully saturated rings. The lowest BCUT2D eigenvalue weighted by atomic mass is 9.94. The minimum atomic E-state index is -0.899. The van der Waals surface area contributed by atoms with Gasteiger partial charge >= 0.3 is 5.97 Å². The van der Waals surface area contributed by atoms with E-state index in [1.807, 2.05) is 91.0 Å². The van der Waals surface area contributed by atoms with Crippen LogP contribution in [0.3, 0.4) is 0 Å². The third kappa shape index (κ3) is 7.95. The summed E-state index contributed by atoms with van der Waals surface area (Å²) in [6, 6.07) is 29.5. The van der Waals surface area contributed by atoms with Crippen LogP contribution in [0.15, 0.2) is 91.0 Å². The van der Waals surface area contributed by atoms with E-state index in [0.717, 1.165) is 16.7 Å². The van der Waals surface area contributed by atoms with Crippen molar-refractivity contribution in [3.8, 4) is 0 Å². The minimum absolute atomic E-state index is 0.0623. The summed E-state index contributed by atoms with van der Waals surface area (Å²) in [5, 5.41) is 9.36. The Labute approximate surface area is 217 Å². The van der Waals surface area contributed by atoms with Crippen molar-refractivity contribution < 1.29 is 33.6 Å². The van der Waals surface area contributed by atoms with Gasteiger partial charge in [0.05, 0.1) is 25.9 Å². The number of carboxylic acid groups (broad SMARTS) is 1. The molecule has 37 heavy (non-hydrogen) atoms. The molecule has 1 N–H and O–H groups in total. The molecule has 3 aromatic rings. The molecule has 196 valence electrons. The Hall–Kier alpha value is -3.07. The highest BCUT2D eigenvalue weighted by molar-refractivity contribution is 5.66. The third-order valence-electron chi connectivity index (χ3n) is 6.32. The van der Waals surface area contributed by atoms with Gasteiger partial charge in [-0.1, -0.05) is 91.0 Å². The first-order chi connectivity index (χ1) is 18.1. The number of carbonyl (C=O) groups is 1. The second-order valence-corrected chi connectivity index (χ2v) is 8.99. The first kappa shape index (κ1) is 27.0. The van der Waals surface area contributed by atoms with Crippen LogP contribution in [0.2, 0.25) is 0 Å². The Morgan fingerprint density at radius 3 is 1.57 bits per heavy atom. The molecule has 0 aromatic heterocycles. The van der Waals surface area contributed by atoms with Gasteiger partial charge in [0, 0.05) is 13.5 Å². The molecule has 7 heteroatoms. The van der Waals surface area contributed by atoms with Crippen molar-refractivity contribution in [3.63, 3.8) is 0 Å². The predicted octanol–water partition coefficient (Wildman–Crippen LogP) is 4.98. The molecular formula is C30H34O7. The fourth-order valence-corrected chi connectivity index (χ4v) is 4.43. The Morgan fingerprint density at radius 1 is 0.703 bits per heavy atom. The molecule has 0 bridgehead atoms. The quantitative estimate of drug-likeness (QED) is 0.350. The van der Waals surface area contributed by atoms with Crippen molar-refractivity contribution in [2.24, 2.45) is 0 Å². The number of benzene rings is 3. The topological polar surface area (TPSA) is 83.5 Å². The first-order valence-electron chi connectivity index (χ1n) is 12.5. The zero-order valence-electron chi connectivity index (χ0n) is 21.0. The summed E-state index contributed by atoms with van der Waals surface area (Å²) < 4.78 is 31.2. The van der Waals surface area contributed by atoms with E-state index in [4.69, 9.17) is 23.7 Å². The summed E-state index contributed by atoms with van der Waals surface area (Å²) in [4.78, 5) is 11.4. The van der Waals surface area contributed by atoms with Crippen LogP contribution in [0.25, 0.3) is 0 Å². The molecular weight excluding hydrogens is 472 g/mol. The number of aliphatic carboxylic acids is 1. The highest BCUT2D eigenvalue weighted by atomic mass is 16.7. The van der Waals surface area contributed by atoms with E-state index in [1.54, 1.807) is 7.11 Å². The van der Waals surface area contributed by atoms with Gasteiger partial charge in [0.2, 0.25) is 0 Å². The van der Waals surface area contributed by atoms with Crippen molar-refractivity contribution in [2.75, 3.05) is 7.11 Å². The molecule has 0 spiro atoms. The number of hydrogen-bond acceptors (Lipinski definition) is 6. The normalized spacial score (nSPS) is 23.5. The summed E-state index contributed by atoms with van der Waals surface area (Å²) in [7, 11) is 1.55. The molecule has 1 aliphatic rings. The van der Waals surface area contributed by atoms with Gasteiger partial charge in [-0.2, -0.15) is 0 Å². The van der Waals surface area contributed by atoms with E-state index < -0.39 is 36.7 Å². The van der Waals surface area contributed by atoms with E-state index >= 15 is 0 Å². The monoisotopic (exact) mass is 506 g/mol. The fraction of sp³-hybridized carbons (Fsp3) is 0.367. The largest absolute Gasteiger partial charge is 0.481 e. The summed E-state index contributed by atoms with van der Waals surface area (Å²) in [6.07, 6.45) is -2.85. The number of methoxy groups -OCH3 is 1. The van der Waals surface area contributed by atoms with Crippen LogP contribution in [-0.4, -0.2) is 48.9 Å². The van der Waals surface area contributed by atoms with E-state index in [2.05, 4.69) is 0 Å². The predicted molar refractivity (Wildman–Crippen MR) is 138 cm³/mol. The lowest BCUT2D eigenvalue weighted by Crippen LogP contribution is -2.60. The summed E-state index contributed by atoms with van der Waals surface area (Å²) >= 11 is 0. The Kier molecular flexibility index (Phi) is 10.2. The van der Waals surface area contributed by atoms with Crippen molar-refractivity contribution in [1.82, 2.24) is 0 Å². The second kappa shape index (κ2) is 14.0. The van der Waals surface area contributed by atoms with Crippen molar-refractivity contribution in [2.45, 2.75) is 63.4 Å². The summed E-state index contributed by atoms with van der Waals surface area (Å²) in [5.74, 6) is -0.899. The van der Waals surface area contributed by atoms with Crippen LogP contribution in [0.1, 0.15) is 29.5 Å². The van der Waals surface area contributed by atoms with Gasteiger partial charge in [0.15, 0.2) is 6.29 Å². The second-order valence-electron chi connectivity index (χ2n) is 8.99. The van der Waals surface area contributed by atoms with Crippen LogP contribution in [-0.2, 0) is 48.3 Å². The average molecular weight is 507 g/mol. The Morgan fingerprint density at radius 2 is 1.14 bits per heavy atom. The van der Waals surface area contributed by atoms with Gasteiger partial charge in [-0.3, -0.25) is 4.79 Å². The summed E-state index contributed by atoms with van der Waals surface area (Å²) in [5.41, 5.74) is 3.01. The average Bonchev–Trinajstić information content (AvgIpc) is 2.94. The van der Waals surface area contributed by atoms with Crippen molar-refractivity contribution in [3.05, 3.63) is 108 Å². The lowest BCUT2D eigenvalue weighted by Gasteiger charge is -2.45. The third-order valence-corrected chi connectivity index (χ3v) is 6.32. The number of ether oxygens (including phenoxy) is 5. The maximum atomic E-state index is 11.4. The van der Waals surface area contributed by atoms with Gasteiger partial charge in [-0.15, -0.1) is 0 Å². The van der Waals surface area contributed by atoms with Gasteiger partial charge in [0.1, 0.15) is 18.3 Å². The highest BCUT2D eigenvalue weighted by Gasteiger charge is 2.48. The molecule has 3 aromatic carbocycles. The van der Waals surface area contributed by atoms with E-state index in [-0.39, 0.29) is 12.8 Å². The highest BCUT2D eigenvalue weighted by Crippen LogP contribution is 2.32. The smallest absolute Gasteiger partial charge is 0.303 e. The molecule has 0 unspecified atom stereocenters. The number of hydrogen-bond donors (Lipinski definition) is 1. The lowest BCUT2D eigenvalue weighted by molar-refractivity contribution is -0.318. The van der Waals surface area contributed by atoms with Gasteiger partial charge in [-0.25, -0.2) is 0 Å². The minimum Gasteiger partial charge on any atom is -0.481 e. The molecule has 1 aliphatic heterocycles. The molecule has 7 nitrogen and oxygen atoms in total. The SMILES string of the molecule is CO[C@H]1O[C@H](CCC(=O)O)[C@H](OCc2ccccc2)[C@H](OCc2ccccc2)[C@H]1OCc1ccccc1. The van der Waals surface area contributed by atoms with Crippen LogP contribution < -0.4 is 0 Å². The van der Waals surface area contributed by atoms with Crippen LogP contribution in [0.5, 0.6) is 0 Å². The molecule has 0 radical (unpaired) electrons. The van der Waals surface area contributed by atoms with Crippen molar-refractivity contribution >= 4 is 5.97 Å². The van der Waals surface area contributed by atoms with E-state index in [0.29, 0.717) is 19.8 Å². The van der Waals surface area contributed by atoms with Crippen LogP contribution in [0, 0.1) is 0 Å². The van der Waals surface area contributed by atoms with Gasteiger partial charge in [0.25, 0.3) is 0 Å². The van der Waals surface area contributed by atoms with E-state index in [1.165, 1.54) is 0 Å². The zero-order valence-corrected chi connectivity index (χ0v) is 21.0. The van der Waals surface area contributed by atoms with Gasteiger partial charge in [-0.05, 0) is 23.1 Å². The van der Waals surface area contributed by atoms with Crippen LogP contribution in [0.4, 0.5) is 0 Å². The standard InChI is InChI=1S/C30H34O7/c1-33-30-29(36-21-24-15-9-4-10-16-24)28(35-20-23-13-7-3-8-14-23)27(25(37-30)17-18-26(31)32)34-19-22-11-5-2-6-12-22/h2-16,25,27-30H,17-21H2,1H3,(H,31,32)/t25-,27+,28+,29-,30+/m1/s1. The Balaban J connectivity index is 1.60. The summed E-state index contributed by atoms with van der Waals surface area (Å²) in [6.45, 7) is 1.00. The molecule has 0 aliphatic carbocycles. The van der Waals surface area contributed by atoms with Crippen molar-refractivity contribution in [1.29, 1.82) is 0 Å². The first-order valence-corrected chi connectivity index (χ1v) is 12.5. The molecule has 1 saturated heterocycles. The van der Waals surface area contributed by atoms with Crippen LogP contribution >= 0.6 is 0 Å².